The van der Waals surface area contributed by atoms with Crippen LogP contribution in [0.15, 0.2) is 24.3 Å². The number of non-ortho nitro benzene ring substituents is 1. The van der Waals surface area contributed by atoms with E-state index in [9.17, 15) is 10.1 Å². The molecule has 6 nitrogen and oxygen atoms in total. The summed E-state index contributed by atoms with van der Waals surface area (Å²) in [4.78, 5) is 10.1. The van der Waals surface area contributed by atoms with Gasteiger partial charge in [-0.3, -0.25) is 10.1 Å². The Morgan fingerprint density at radius 3 is 2.83 bits per heavy atom. The minimum absolute atomic E-state index is 0.0943. The first-order chi connectivity index (χ1) is 8.75. The maximum atomic E-state index is 10.5. The Morgan fingerprint density at radius 2 is 2.22 bits per heavy atom. The van der Waals surface area contributed by atoms with Crippen molar-refractivity contribution in [3.8, 4) is 0 Å². The van der Waals surface area contributed by atoms with Crippen molar-refractivity contribution in [1.82, 2.24) is 5.32 Å². The largest absolute Gasteiger partial charge is 0.374 e. The van der Waals surface area contributed by atoms with E-state index in [1.165, 1.54) is 12.1 Å². The van der Waals surface area contributed by atoms with Gasteiger partial charge in [-0.2, -0.15) is 0 Å². The van der Waals surface area contributed by atoms with Gasteiger partial charge in [0, 0.05) is 25.2 Å². The van der Waals surface area contributed by atoms with Crippen LogP contribution in [-0.4, -0.2) is 37.3 Å². The van der Waals surface area contributed by atoms with Gasteiger partial charge in [0.05, 0.1) is 30.8 Å². The summed E-state index contributed by atoms with van der Waals surface area (Å²) in [5.74, 6) is 0. The molecule has 6 heteroatoms. The van der Waals surface area contributed by atoms with Crippen LogP contribution in [0.2, 0.25) is 0 Å². The summed E-state index contributed by atoms with van der Waals surface area (Å²) in [6.45, 7) is 3.38. The fraction of sp³-hybridized carbons (Fsp3) is 0.500. The molecular formula is C12H16N2O4. The first-order valence-electron chi connectivity index (χ1n) is 5.89. The summed E-state index contributed by atoms with van der Waals surface area (Å²) in [7, 11) is 0. The van der Waals surface area contributed by atoms with Gasteiger partial charge >= 0.3 is 0 Å². The van der Waals surface area contributed by atoms with Crippen molar-refractivity contribution in [2.24, 2.45) is 0 Å². The van der Waals surface area contributed by atoms with Gasteiger partial charge in [-0.1, -0.05) is 0 Å². The van der Waals surface area contributed by atoms with Gasteiger partial charge in [0.25, 0.3) is 5.69 Å². The Balaban J connectivity index is 1.74. The summed E-state index contributed by atoms with van der Waals surface area (Å²) in [6.07, 6.45) is 0.0943. The molecular weight excluding hydrogens is 236 g/mol. The van der Waals surface area contributed by atoms with Gasteiger partial charge in [0.1, 0.15) is 0 Å². The lowest BCUT2D eigenvalue weighted by atomic mass is 10.2. The van der Waals surface area contributed by atoms with Crippen LogP contribution < -0.4 is 5.32 Å². The summed E-state index contributed by atoms with van der Waals surface area (Å²) in [5, 5.41) is 13.7. The van der Waals surface area contributed by atoms with Crippen LogP contribution in [0.4, 0.5) is 5.69 Å². The molecule has 1 fully saturated rings. The number of hydrogen-bond acceptors (Lipinski definition) is 5. The Morgan fingerprint density at radius 1 is 1.44 bits per heavy atom. The summed E-state index contributed by atoms with van der Waals surface area (Å²) in [5.41, 5.74) is 1.02. The molecule has 0 amide bonds. The number of nitrogens with zero attached hydrogens (tertiary/aromatic N) is 1. The summed E-state index contributed by atoms with van der Waals surface area (Å²) < 4.78 is 11.0. The fourth-order valence-electron chi connectivity index (χ4n) is 1.75. The second kappa shape index (κ2) is 6.44. The molecule has 0 spiro atoms. The lowest BCUT2D eigenvalue weighted by molar-refractivity contribution is -0.384. The van der Waals surface area contributed by atoms with Crippen molar-refractivity contribution in [1.29, 1.82) is 0 Å². The van der Waals surface area contributed by atoms with Crippen molar-refractivity contribution in [2.45, 2.75) is 12.7 Å². The third-order valence-electron chi connectivity index (χ3n) is 2.72. The molecule has 0 aliphatic carbocycles. The van der Waals surface area contributed by atoms with E-state index in [1.54, 1.807) is 12.1 Å². The predicted octanol–water partition coefficient (Wildman–Crippen LogP) is 1.10. The van der Waals surface area contributed by atoms with Crippen molar-refractivity contribution >= 4 is 5.69 Å². The molecule has 1 aromatic carbocycles. The molecule has 1 aliphatic rings. The van der Waals surface area contributed by atoms with E-state index in [0.717, 1.165) is 18.7 Å². The molecule has 0 aromatic heterocycles. The Kier molecular flexibility index (Phi) is 4.63. The quantitative estimate of drug-likeness (QED) is 0.627. The van der Waals surface area contributed by atoms with Gasteiger partial charge in [-0.05, 0) is 17.7 Å². The first-order valence-corrected chi connectivity index (χ1v) is 5.89. The minimum Gasteiger partial charge on any atom is -0.374 e. The molecule has 1 aliphatic heterocycles. The zero-order valence-corrected chi connectivity index (χ0v) is 10.0. The molecule has 1 heterocycles. The molecule has 1 N–H and O–H groups in total. The third kappa shape index (κ3) is 3.76. The molecule has 0 bridgehead atoms. The lowest BCUT2D eigenvalue weighted by Crippen LogP contribution is -2.40. The molecule has 1 unspecified atom stereocenters. The van der Waals surface area contributed by atoms with Crippen molar-refractivity contribution in [3.63, 3.8) is 0 Å². The Hall–Kier alpha value is -1.50. The van der Waals surface area contributed by atoms with Crippen LogP contribution in [-0.2, 0) is 16.1 Å². The fourth-order valence-corrected chi connectivity index (χ4v) is 1.75. The van der Waals surface area contributed by atoms with Crippen molar-refractivity contribution < 1.29 is 14.4 Å². The van der Waals surface area contributed by atoms with Crippen LogP contribution in [0.1, 0.15) is 5.56 Å². The second-order valence-electron chi connectivity index (χ2n) is 4.14. The second-order valence-corrected chi connectivity index (χ2v) is 4.14. The number of nitro groups is 1. The van der Waals surface area contributed by atoms with Gasteiger partial charge in [-0.25, -0.2) is 0 Å². The topological polar surface area (TPSA) is 73.6 Å². The van der Waals surface area contributed by atoms with Gasteiger partial charge in [-0.15, -0.1) is 0 Å². The smallest absolute Gasteiger partial charge is 0.269 e. The van der Waals surface area contributed by atoms with E-state index in [4.69, 9.17) is 9.47 Å². The zero-order valence-electron chi connectivity index (χ0n) is 10.0. The van der Waals surface area contributed by atoms with Crippen molar-refractivity contribution in [2.75, 3.05) is 26.3 Å². The van der Waals surface area contributed by atoms with E-state index in [1.807, 2.05) is 0 Å². The minimum atomic E-state index is -0.411. The summed E-state index contributed by atoms with van der Waals surface area (Å²) in [6, 6.07) is 6.38. The van der Waals surface area contributed by atoms with Gasteiger partial charge in [0.15, 0.2) is 0 Å². The standard InChI is InChI=1S/C12H16N2O4/c15-14(16)11-3-1-10(2-4-11)8-17-9-12-7-13-5-6-18-12/h1-4,12-13H,5-9H2. The highest BCUT2D eigenvalue weighted by atomic mass is 16.6. The molecule has 98 valence electrons. The maximum absolute atomic E-state index is 10.5. The van der Waals surface area contributed by atoms with Crippen LogP contribution in [0.25, 0.3) is 0 Å². The molecule has 0 radical (unpaired) electrons. The Labute approximate surface area is 105 Å². The molecule has 18 heavy (non-hydrogen) atoms. The zero-order chi connectivity index (χ0) is 12.8. The lowest BCUT2D eigenvalue weighted by Gasteiger charge is -2.23. The number of nitrogens with one attached hydrogen (secondary N) is 1. The number of nitro benzene ring substituents is 1. The third-order valence-corrected chi connectivity index (χ3v) is 2.72. The highest BCUT2D eigenvalue weighted by Crippen LogP contribution is 2.12. The average Bonchev–Trinajstić information content (AvgIpc) is 2.40. The molecule has 1 aromatic rings. The monoisotopic (exact) mass is 252 g/mol. The van der Waals surface area contributed by atoms with Gasteiger partial charge in [0.2, 0.25) is 0 Å². The molecule has 1 saturated heterocycles. The Bertz CT molecular complexity index is 388. The number of ether oxygens (including phenoxy) is 2. The molecule has 1 atom stereocenters. The highest BCUT2D eigenvalue weighted by molar-refractivity contribution is 5.32. The predicted molar refractivity (Wildman–Crippen MR) is 65.4 cm³/mol. The van der Waals surface area contributed by atoms with Crippen LogP contribution in [0, 0.1) is 10.1 Å². The van der Waals surface area contributed by atoms with E-state index >= 15 is 0 Å². The van der Waals surface area contributed by atoms with Crippen molar-refractivity contribution in [3.05, 3.63) is 39.9 Å². The maximum Gasteiger partial charge on any atom is 0.269 e. The highest BCUT2D eigenvalue weighted by Gasteiger charge is 2.13. The normalized spacial score (nSPS) is 19.7. The van der Waals surface area contributed by atoms with Crippen LogP contribution in [0.5, 0.6) is 0 Å². The van der Waals surface area contributed by atoms with Crippen LogP contribution in [0.3, 0.4) is 0 Å². The van der Waals surface area contributed by atoms with E-state index < -0.39 is 4.92 Å². The number of benzene rings is 1. The number of rotatable bonds is 5. The molecule has 2 rings (SSSR count). The molecule has 0 saturated carbocycles. The SMILES string of the molecule is O=[N+]([O-])c1ccc(COCC2CNCCO2)cc1. The van der Waals surface area contributed by atoms with Crippen LogP contribution >= 0.6 is 0 Å². The number of hydrogen-bond donors (Lipinski definition) is 1. The number of morpholine rings is 1. The van der Waals surface area contributed by atoms with Gasteiger partial charge < -0.3 is 14.8 Å². The van der Waals surface area contributed by atoms with E-state index in [2.05, 4.69) is 5.32 Å². The average molecular weight is 252 g/mol. The first kappa shape index (κ1) is 12.9. The van der Waals surface area contributed by atoms with E-state index in [0.29, 0.717) is 19.8 Å². The summed E-state index contributed by atoms with van der Waals surface area (Å²) >= 11 is 0. The van der Waals surface area contributed by atoms with E-state index in [-0.39, 0.29) is 11.8 Å².